The quantitative estimate of drug-likeness (QED) is 0.833. The van der Waals surface area contributed by atoms with Gasteiger partial charge in [0.2, 0.25) is 5.88 Å². The van der Waals surface area contributed by atoms with Gasteiger partial charge in [0.05, 0.1) is 12.4 Å². The summed E-state index contributed by atoms with van der Waals surface area (Å²) in [5.41, 5.74) is 0.592. The summed E-state index contributed by atoms with van der Waals surface area (Å²) in [5.74, 6) is -0.116. The molecule has 0 fully saturated rings. The highest BCUT2D eigenvalue weighted by Crippen LogP contribution is 2.23. The van der Waals surface area contributed by atoms with Crippen LogP contribution in [0.2, 0.25) is 0 Å². The van der Waals surface area contributed by atoms with Gasteiger partial charge in [0.15, 0.2) is 5.75 Å². The number of aromatic nitrogens is 3. The van der Waals surface area contributed by atoms with Gasteiger partial charge in [-0.15, -0.1) is 0 Å². The molecular formula is C13H13N3O3. The predicted octanol–water partition coefficient (Wildman–Crippen LogP) is 2.19. The minimum Gasteiger partial charge on any atom is -0.478 e. The van der Waals surface area contributed by atoms with Gasteiger partial charge in [0.25, 0.3) is 0 Å². The molecule has 19 heavy (non-hydrogen) atoms. The molecule has 1 N–H and O–H groups in total. The fraction of sp³-hybridized carbons (Fsp3) is 0.154. The van der Waals surface area contributed by atoms with Crippen LogP contribution in [-0.2, 0) is 11.3 Å². The summed E-state index contributed by atoms with van der Waals surface area (Å²) in [7, 11) is 0. The number of nitrogens with zero attached hydrogens (tertiary/aromatic N) is 3. The molecule has 2 aromatic heterocycles. The van der Waals surface area contributed by atoms with E-state index in [0.29, 0.717) is 17.2 Å². The highest BCUT2D eigenvalue weighted by Gasteiger charge is 2.05. The zero-order valence-electron chi connectivity index (χ0n) is 10.4. The third-order valence-electron chi connectivity index (χ3n) is 2.35. The van der Waals surface area contributed by atoms with Gasteiger partial charge in [0, 0.05) is 24.4 Å². The number of carboxylic acids is 1. The largest absolute Gasteiger partial charge is 0.478 e. The van der Waals surface area contributed by atoms with Crippen molar-refractivity contribution in [1.29, 1.82) is 0 Å². The van der Waals surface area contributed by atoms with Gasteiger partial charge in [-0.25, -0.2) is 9.78 Å². The number of carboxylic acid groups (broad SMARTS) is 1. The summed E-state index contributed by atoms with van der Waals surface area (Å²) in [6, 6.07) is 3.44. The van der Waals surface area contributed by atoms with Crippen molar-refractivity contribution in [2.45, 2.75) is 13.5 Å². The average Bonchev–Trinajstić information content (AvgIpc) is 2.85. The van der Waals surface area contributed by atoms with Crippen LogP contribution in [-0.4, -0.2) is 25.8 Å². The van der Waals surface area contributed by atoms with E-state index >= 15 is 0 Å². The van der Waals surface area contributed by atoms with Gasteiger partial charge in [0.1, 0.15) is 0 Å². The average molecular weight is 259 g/mol. The summed E-state index contributed by atoms with van der Waals surface area (Å²) in [6.07, 6.45) is 7.40. The number of pyridine rings is 1. The van der Waals surface area contributed by atoms with Crippen LogP contribution in [0.15, 0.2) is 36.8 Å². The van der Waals surface area contributed by atoms with E-state index in [1.807, 2.05) is 6.92 Å². The number of carbonyl (C=O) groups is 1. The molecule has 2 rings (SSSR count). The van der Waals surface area contributed by atoms with Crippen LogP contribution in [0.4, 0.5) is 0 Å². The van der Waals surface area contributed by atoms with Crippen molar-refractivity contribution < 1.29 is 14.6 Å². The van der Waals surface area contributed by atoms with Crippen LogP contribution in [0, 0.1) is 0 Å². The van der Waals surface area contributed by atoms with Crippen LogP contribution in [0.1, 0.15) is 12.5 Å². The molecule has 0 unspecified atom stereocenters. The maximum absolute atomic E-state index is 10.5. The van der Waals surface area contributed by atoms with E-state index in [1.165, 1.54) is 6.08 Å². The Kier molecular flexibility index (Phi) is 3.92. The van der Waals surface area contributed by atoms with Crippen LogP contribution in [0.3, 0.4) is 0 Å². The van der Waals surface area contributed by atoms with Crippen LogP contribution < -0.4 is 4.74 Å². The molecule has 98 valence electrons. The van der Waals surface area contributed by atoms with Crippen molar-refractivity contribution >= 4 is 12.0 Å². The molecule has 6 nitrogen and oxygen atoms in total. The normalized spacial score (nSPS) is 10.8. The van der Waals surface area contributed by atoms with E-state index < -0.39 is 5.97 Å². The van der Waals surface area contributed by atoms with E-state index in [-0.39, 0.29) is 0 Å². The van der Waals surface area contributed by atoms with Crippen molar-refractivity contribution in [2.24, 2.45) is 0 Å². The first kappa shape index (κ1) is 12.8. The lowest BCUT2D eigenvalue weighted by atomic mass is 10.2. The molecule has 2 heterocycles. The van der Waals surface area contributed by atoms with E-state index in [0.717, 1.165) is 12.6 Å². The Morgan fingerprint density at radius 3 is 3.11 bits per heavy atom. The number of hydrogen-bond acceptors (Lipinski definition) is 4. The topological polar surface area (TPSA) is 77.2 Å². The second kappa shape index (κ2) is 5.81. The summed E-state index contributed by atoms with van der Waals surface area (Å²) in [4.78, 5) is 14.6. The smallest absolute Gasteiger partial charge is 0.328 e. The highest BCUT2D eigenvalue weighted by atomic mass is 16.5. The fourth-order valence-electron chi connectivity index (χ4n) is 1.46. The molecule has 0 spiro atoms. The Morgan fingerprint density at radius 2 is 2.42 bits per heavy atom. The number of ether oxygens (including phenoxy) is 1. The summed E-state index contributed by atoms with van der Waals surface area (Å²) < 4.78 is 7.31. The highest BCUT2D eigenvalue weighted by molar-refractivity contribution is 5.85. The summed E-state index contributed by atoms with van der Waals surface area (Å²) >= 11 is 0. The molecule has 0 atom stereocenters. The molecule has 0 saturated heterocycles. The van der Waals surface area contributed by atoms with E-state index in [4.69, 9.17) is 9.84 Å². The Morgan fingerprint density at radius 1 is 1.58 bits per heavy atom. The first-order valence-corrected chi connectivity index (χ1v) is 5.75. The monoisotopic (exact) mass is 259 g/mol. The number of hydrogen-bond donors (Lipinski definition) is 1. The molecule has 0 amide bonds. The van der Waals surface area contributed by atoms with Crippen LogP contribution in [0.25, 0.3) is 6.08 Å². The van der Waals surface area contributed by atoms with Crippen LogP contribution in [0.5, 0.6) is 11.6 Å². The van der Waals surface area contributed by atoms with Gasteiger partial charge in [-0.1, -0.05) is 0 Å². The number of aliphatic carboxylic acids is 1. The Bertz CT molecular complexity index is 605. The molecule has 2 aromatic rings. The van der Waals surface area contributed by atoms with Gasteiger partial charge in [-0.05, 0) is 25.1 Å². The maximum atomic E-state index is 10.5. The lowest BCUT2D eigenvalue weighted by Gasteiger charge is -2.04. The van der Waals surface area contributed by atoms with Gasteiger partial charge in [-0.2, -0.15) is 5.10 Å². The minimum atomic E-state index is -1.02. The molecule has 0 saturated carbocycles. The second-order valence-electron chi connectivity index (χ2n) is 3.70. The molecule has 0 aliphatic heterocycles. The summed E-state index contributed by atoms with van der Waals surface area (Å²) in [5, 5.41) is 12.7. The van der Waals surface area contributed by atoms with Crippen molar-refractivity contribution in [3.63, 3.8) is 0 Å². The maximum Gasteiger partial charge on any atom is 0.328 e. The van der Waals surface area contributed by atoms with Crippen molar-refractivity contribution in [2.75, 3.05) is 0 Å². The first-order chi connectivity index (χ1) is 9.19. The standard InChI is InChI=1S/C13H13N3O3/c1-2-16-9-11(8-15-16)19-13-10(4-3-7-14-13)5-6-12(17)18/h3-9H,2H2,1H3,(H,17,18)/b6-5+. The molecule has 0 bridgehead atoms. The third-order valence-corrected chi connectivity index (χ3v) is 2.35. The molecule has 0 radical (unpaired) electrons. The van der Waals surface area contributed by atoms with Gasteiger partial charge >= 0.3 is 5.97 Å². The lowest BCUT2D eigenvalue weighted by molar-refractivity contribution is -0.131. The van der Waals surface area contributed by atoms with Crippen molar-refractivity contribution in [3.05, 3.63) is 42.4 Å². The van der Waals surface area contributed by atoms with Crippen molar-refractivity contribution in [1.82, 2.24) is 14.8 Å². The Balaban J connectivity index is 2.22. The number of aryl methyl sites for hydroxylation is 1. The minimum absolute atomic E-state index is 0.343. The second-order valence-corrected chi connectivity index (χ2v) is 3.70. The predicted molar refractivity (Wildman–Crippen MR) is 68.9 cm³/mol. The first-order valence-electron chi connectivity index (χ1n) is 5.75. The van der Waals surface area contributed by atoms with E-state index in [1.54, 1.807) is 35.4 Å². The SMILES string of the molecule is CCn1cc(Oc2ncccc2/C=C/C(=O)O)cn1. The third kappa shape index (κ3) is 3.41. The molecule has 6 heteroatoms. The van der Waals surface area contributed by atoms with Gasteiger partial charge in [-0.3, -0.25) is 4.68 Å². The number of rotatable bonds is 5. The van der Waals surface area contributed by atoms with Gasteiger partial charge < -0.3 is 9.84 Å². The molecule has 0 aliphatic carbocycles. The van der Waals surface area contributed by atoms with E-state index in [9.17, 15) is 4.79 Å². The molecule has 0 aromatic carbocycles. The summed E-state index contributed by atoms with van der Waals surface area (Å²) in [6.45, 7) is 2.72. The molecular weight excluding hydrogens is 246 g/mol. The lowest BCUT2D eigenvalue weighted by Crippen LogP contribution is -1.93. The Labute approximate surface area is 110 Å². The Hall–Kier alpha value is -2.63. The van der Waals surface area contributed by atoms with Crippen molar-refractivity contribution in [3.8, 4) is 11.6 Å². The van der Waals surface area contributed by atoms with E-state index in [2.05, 4.69) is 10.1 Å². The zero-order valence-corrected chi connectivity index (χ0v) is 10.4. The zero-order chi connectivity index (χ0) is 13.7. The van der Waals surface area contributed by atoms with Crippen LogP contribution >= 0.6 is 0 Å². The molecule has 0 aliphatic rings. The fourth-order valence-corrected chi connectivity index (χ4v) is 1.46.